The maximum Gasteiger partial charge on any atom is 0.143 e. The van der Waals surface area contributed by atoms with Crippen LogP contribution in [-0.2, 0) is 21.7 Å². The van der Waals surface area contributed by atoms with Crippen molar-refractivity contribution in [3.8, 4) is 44.5 Å². The summed E-state index contributed by atoms with van der Waals surface area (Å²) < 4.78 is 13.4. The normalized spacial score (nSPS) is 15.5. The van der Waals surface area contributed by atoms with Crippen LogP contribution in [0.2, 0.25) is 0 Å². The molecule has 0 N–H and O–H groups in total. The first-order valence-electron chi connectivity index (χ1n) is 25.4. The van der Waals surface area contributed by atoms with Crippen molar-refractivity contribution in [1.29, 1.82) is 0 Å². The molecule has 0 atom stereocenters. The van der Waals surface area contributed by atoms with Crippen molar-refractivity contribution < 1.29 is 8.83 Å². The lowest BCUT2D eigenvalue weighted by molar-refractivity contribution is 0.591. The van der Waals surface area contributed by atoms with Crippen molar-refractivity contribution in [3.63, 3.8) is 0 Å². The van der Waals surface area contributed by atoms with E-state index in [1.165, 1.54) is 105 Å². The standard InChI is InChI=1S/C68H57NO2/c1-38-19-11-16-24-56(38)69(39-27-29-42-46-35-54-48(37-53(46)67(7,8)51(42)33-39)61-50(66(54,5)6)31-32-59-62(61)44-21-13-17-25-57(44)70-59)40-28-30-43-52(34-40)68(9,10)55-36-47(41-20-12-15-23-49(41)65(2,3)4)64-63(60(43)55)45-22-14-18-26-58(45)71-64/h11-37H,1-10H3. The van der Waals surface area contributed by atoms with Gasteiger partial charge in [-0.2, -0.15) is 0 Å². The van der Waals surface area contributed by atoms with E-state index in [0.29, 0.717) is 0 Å². The van der Waals surface area contributed by atoms with E-state index in [4.69, 9.17) is 8.83 Å². The number of fused-ring (bicyclic) bond motifs is 17. The van der Waals surface area contributed by atoms with Gasteiger partial charge in [0.05, 0.1) is 0 Å². The molecular formula is C68H57NO2. The molecule has 2 aromatic heterocycles. The number of furan rings is 2. The zero-order chi connectivity index (χ0) is 48.7. The van der Waals surface area contributed by atoms with Crippen molar-refractivity contribution >= 4 is 60.9 Å². The highest BCUT2D eigenvalue weighted by molar-refractivity contribution is 6.19. The molecule has 0 bridgehead atoms. The molecule has 11 aromatic rings. The monoisotopic (exact) mass is 919 g/mol. The number of hydrogen-bond donors (Lipinski definition) is 0. The summed E-state index contributed by atoms with van der Waals surface area (Å²) in [5, 5.41) is 4.77. The fourth-order valence-electron chi connectivity index (χ4n) is 13.4. The Kier molecular flexibility index (Phi) is 8.36. The highest BCUT2D eigenvalue weighted by atomic mass is 16.3. The number of para-hydroxylation sites is 3. The summed E-state index contributed by atoms with van der Waals surface area (Å²) in [6.07, 6.45) is 0. The van der Waals surface area contributed by atoms with Gasteiger partial charge in [-0.3, -0.25) is 0 Å². The number of hydrogen-bond acceptors (Lipinski definition) is 3. The van der Waals surface area contributed by atoms with Crippen LogP contribution < -0.4 is 4.90 Å². The maximum atomic E-state index is 6.95. The van der Waals surface area contributed by atoms with Crippen LogP contribution in [0.4, 0.5) is 17.1 Å². The predicted octanol–water partition coefficient (Wildman–Crippen LogP) is 19.1. The van der Waals surface area contributed by atoms with E-state index in [-0.39, 0.29) is 21.7 Å². The minimum absolute atomic E-state index is 0.0531. The molecule has 14 rings (SSSR count). The largest absolute Gasteiger partial charge is 0.456 e. The van der Waals surface area contributed by atoms with Crippen LogP contribution >= 0.6 is 0 Å². The lowest BCUT2D eigenvalue weighted by Gasteiger charge is -2.30. The number of anilines is 3. The van der Waals surface area contributed by atoms with Crippen molar-refractivity contribution in [2.24, 2.45) is 0 Å². The Morgan fingerprint density at radius 3 is 1.66 bits per heavy atom. The Morgan fingerprint density at radius 1 is 0.394 bits per heavy atom. The number of benzene rings is 9. The number of aryl methyl sites for hydroxylation is 1. The molecule has 0 fully saturated rings. The second-order valence-electron chi connectivity index (χ2n) is 23.3. The molecule has 0 radical (unpaired) electrons. The van der Waals surface area contributed by atoms with Gasteiger partial charge in [-0.25, -0.2) is 0 Å². The molecule has 3 heteroatoms. The third-order valence-corrected chi connectivity index (χ3v) is 17.1. The van der Waals surface area contributed by atoms with Gasteiger partial charge >= 0.3 is 0 Å². The fraction of sp³-hybridized carbons (Fsp3) is 0.206. The molecule has 346 valence electrons. The Bertz CT molecular complexity index is 4140. The SMILES string of the molecule is Cc1ccccc1N(c1ccc2c(c1)C(C)(C)c1cc3c(cc1-2)C(C)(C)c1ccc2oc4ccccc4c2c1-3)c1ccc2c(c1)C(C)(C)c1cc(-c3ccccc3C(C)(C)C)c3oc4ccccc4c3c1-2. The fourth-order valence-corrected chi connectivity index (χ4v) is 13.4. The quantitative estimate of drug-likeness (QED) is 0.176. The van der Waals surface area contributed by atoms with Gasteiger partial charge in [0.15, 0.2) is 0 Å². The smallest absolute Gasteiger partial charge is 0.143 e. The van der Waals surface area contributed by atoms with Gasteiger partial charge in [-0.1, -0.05) is 159 Å². The summed E-state index contributed by atoms with van der Waals surface area (Å²) in [6, 6.07) is 61.3. The van der Waals surface area contributed by atoms with Gasteiger partial charge in [0.2, 0.25) is 0 Å². The molecule has 2 heterocycles. The molecule has 0 spiro atoms. The number of rotatable bonds is 4. The van der Waals surface area contributed by atoms with E-state index < -0.39 is 0 Å². The molecule has 0 saturated heterocycles. The lowest BCUT2D eigenvalue weighted by atomic mass is 9.78. The van der Waals surface area contributed by atoms with E-state index in [0.717, 1.165) is 44.7 Å². The average Bonchev–Trinajstić information content (AvgIpc) is 4.10. The maximum absolute atomic E-state index is 6.95. The van der Waals surface area contributed by atoms with Crippen LogP contribution in [-0.4, -0.2) is 0 Å². The summed E-state index contributed by atoms with van der Waals surface area (Å²) >= 11 is 0. The summed E-state index contributed by atoms with van der Waals surface area (Å²) in [6.45, 7) is 23.6. The molecule has 0 aliphatic heterocycles. The Hall–Kier alpha value is -7.62. The predicted molar refractivity (Wildman–Crippen MR) is 297 cm³/mol. The molecular weight excluding hydrogens is 863 g/mol. The van der Waals surface area contributed by atoms with Gasteiger partial charge < -0.3 is 13.7 Å². The van der Waals surface area contributed by atoms with E-state index in [9.17, 15) is 0 Å². The first kappa shape index (κ1) is 42.3. The van der Waals surface area contributed by atoms with Crippen molar-refractivity contribution in [2.75, 3.05) is 4.90 Å². The van der Waals surface area contributed by atoms with E-state index in [1.807, 2.05) is 0 Å². The molecule has 3 nitrogen and oxygen atoms in total. The summed E-state index contributed by atoms with van der Waals surface area (Å²) in [5.74, 6) is 0. The van der Waals surface area contributed by atoms with Gasteiger partial charge in [0.25, 0.3) is 0 Å². The van der Waals surface area contributed by atoms with Gasteiger partial charge in [-0.15, -0.1) is 0 Å². The van der Waals surface area contributed by atoms with Crippen molar-refractivity contribution in [3.05, 3.63) is 208 Å². The zero-order valence-corrected chi connectivity index (χ0v) is 42.4. The van der Waals surface area contributed by atoms with Crippen LogP contribution in [0.3, 0.4) is 0 Å². The van der Waals surface area contributed by atoms with Crippen molar-refractivity contribution in [1.82, 2.24) is 0 Å². The second kappa shape index (κ2) is 14.0. The highest BCUT2D eigenvalue weighted by Gasteiger charge is 2.44. The minimum Gasteiger partial charge on any atom is -0.456 e. The van der Waals surface area contributed by atoms with Crippen molar-refractivity contribution in [2.45, 2.75) is 90.9 Å². The third-order valence-electron chi connectivity index (χ3n) is 17.1. The molecule has 3 aliphatic rings. The summed E-state index contributed by atoms with van der Waals surface area (Å²) in [4.78, 5) is 2.50. The molecule has 9 aromatic carbocycles. The second-order valence-corrected chi connectivity index (χ2v) is 23.3. The molecule has 3 aliphatic carbocycles. The van der Waals surface area contributed by atoms with Crippen LogP contribution in [0.5, 0.6) is 0 Å². The van der Waals surface area contributed by atoms with Crippen LogP contribution in [0.25, 0.3) is 88.4 Å². The van der Waals surface area contributed by atoms with Gasteiger partial charge in [-0.05, 0) is 163 Å². The third kappa shape index (κ3) is 5.61. The van der Waals surface area contributed by atoms with Gasteiger partial charge in [0.1, 0.15) is 22.3 Å². The summed E-state index contributed by atoms with van der Waals surface area (Å²) in [7, 11) is 0. The molecule has 0 unspecified atom stereocenters. The van der Waals surface area contributed by atoms with E-state index >= 15 is 0 Å². The van der Waals surface area contributed by atoms with Crippen LogP contribution in [0.15, 0.2) is 173 Å². The Morgan fingerprint density at radius 2 is 0.930 bits per heavy atom. The average molecular weight is 920 g/mol. The Balaban J connectivity index is 0.935. The van der Waals surface area contributed by atoms with Crippen LogP contribution in [0.1, 0.15) is 107 Å². The Labute approximate surface area is 416 Å². The highest BCUT2D eigenvalue weighted by Crippen LogP contribution is 2.60. The molecule has 0 amide bonds. The van der Waals surface area contributed by atoms with E-state index in [1.54, 1.807) is 0 Å². The van der Waals surface area contributed by atoms with E-state index in [2.05, 4.69) is 238 Å². The molecule has 0 saturated carbocycles. The first-order valence-corrected chi connectivity index (χ1v) is 25.4. The van der Waals surface area contributed by atoms with Crippen LogP contribution in [0, 0.1) is 6.92 Å². The minimum atomic E-state index is -0.307. The number of nitrogens with zero attached hydrogens (tertiary/aromatic N) is 1. The zero-order valence-electron chi connectivity index (χ0n) is 42.4. The first-order chi connectivity index (χ1) is 34.0. The van der Waals surface area contributed by atoms with Gasteiger partial charge in [0, 0.05) is 60.4 Å². The lowest BCUT2D eigenvalue weighted by Crippen LogP contribution is -2.18. The summed E-state index contributed by atoms with van der Waals surface area (Å²) in [5.41, 5.74) is 27.4. The molecule has 71 heavy (non-hydrogen) atoms. The topological polar surface area (TPSA) is 29.5 Å².